The first-order chi connectivity index (χ1) is 52.9. The molecule has 1 aromatic heterocycles. The molecule has 15 aromatic rings. The highest BCUT2D eigenvalue weighted by Gasteiger charge is 2.47. The van der Waals surface area contributed by atoms with Crippen LogP contribution in [0.5, 0.6) is 0 Å². The highest BCUT2D eigenvalue weighted by Crippen LogP contribution is 2.55. The van der Waals surface area contributed by atoms with E-state index in [1.807, 2.05) is 0 Å². The van der Waals surface area contributed by atoms with Crippen LogP contribution in [0.3, 0.4) is 0 Å². The van der Waals surface area contributed by atoms with E-state index >= 15 is 0 Å². The molecule has 0 atom stereocenters. The van der Waals surface area contributed by atoms with Crippen LogP contribution in [0.2, 0.25) is 13.1 Å². The van der Waals surface area contributed by atoms with E-state index in [4.69, 9.17) is 0 Å². The van der Waals surface area contributed by atoms with Crippen LogP contribution >= 0.6 is 0 Å². The molecular formula is C106H100BN3Si. The molecule has 4 heterocycles. The number of fused-ring (bicyclic) bond motifs is 10. The van der Waals surface area contributed by atoms with Crippen molar-refractivity contribution in [3.05, 3.63) is 325 Å². The van der Waals surface area contributed by atoms with Crippen LogP contribution < -0.4 is 36.6 Å². The van der Waals surface area contributed by atoms with E-state index in [1.165, 1.54) is 132 Å². The zero-order valence-corrected chi connectivity index (χ0v) is 68.7. The molecule has 3 nitrogen and oxygen atoms in total. The minimum absolute atomic E-state index is 0.0661. The SMILES string of the molecule is CC(C)(C)c1cc(-c2ccc3c(c2)B2c4ccc(-n5c6ccc(C(C)(C)C)cc6c6cc(C(C)(C)C)ccc65)cc4N(c4c(-c5ccccc5)cc(C(C)(C)C)cc4-c4ccccc4)c4cc(-c5cccc6c5-c5ccccc5[Si]6(C)C)cc(c42)N3c2cc(-c3ccccc3)cc(-c3ccccc3)c2)cc(C(C)(C)C)c1. The number of rotatable bonds is 9. The Morgan fingerprint density at radius 3 is 1.24 bits per heavy atom. The summed E-state index contributed by atoms with van der Waals surface area (Å²) in [5, 5.41) is 5.50. The summed E-state index contributed by atoms with van der Waals surface area (Å²) < 4.78 is 2.59. The molecule has 18 rings (SSSR count). The summed E-state index contributed by atoms with van der Waals surface area (Å²) >= 11 is 0. The van der Waals surface area contributed by atoms with Gasteiger partial charge in [-0.15, -0.1) is 0 Å². The Balaban J connectivity index is 1.04. The van der Waals surface area contributed by atoms with Crippen LogP contribution in [0.1, 0.15) is 132 Å². The van der Waals surface area contributed by atoms with Crippen LogP contribution in [0.15, 0.2) is 297 Å². The van der Waals surface area contributed by atoms with Gasteiger partial charge in [0.25, 0.3) is 6.71 Å². The van der Waals surface area contributed by atoms with Gasteiger partial charge in [-0.25, -0.2) is 0 Å². The van der Waals surface area contributed by atoms with Gasteiger partial charge in [-0.3, -0.25) is 0 Å². The van der Waals surface area contributed by atoms with Crippen molar-refractivity contribution in [2.24, 2.45) is 0 Å². The lowest BCUT2D eigenvalue weighted by molar-refractivity contribution is 0.569. The second-order valence-electron chi connectivity index (χ2n) is 37.4. The normalized spacial score (nSPS) is 13.8. The van der Waals surface area contributed by atoms with Gasteiger partial charge in [0.05, 0.1) is 16.7 Å². The minimum atomic E-state index is -2.19. The predicted octanol–water partition coefficient (Wildman–Crippen LogP) is 26.2. The van der Waals surface area contributed by atoms with Gasteiger partial charge in [-0.05, 0) is 233 Å². The molecule has 0 saturated heterocycles. The van der Waals surface area contributed by atoms with E-state index in [0.717, 1.165) is 62.1 Å². The van der Waals surface area contributed by atoms with Crippen molar-refractivity contribution < 1.29 is 0 Å². The maximum atomic E-state index is 2.78. The van der Waals surface area contributed by atoms with Gasteiger partial charge in [-0.2, -0.15) is 0 Å². The first kappa shape index (κ1) is 71.4. The monoisotopic (exact) mass is 1450 g/mol. The van der Waals surface area contributed by atoms with E-state index in [2.05, 4.69) is 429 Å². The molecule has 0 amide bonds. The fourth-order valence-electron chi connectivity index (χ4n) is 18.2. The van der Waals surface area contributed by atoms with Gasteiger partial charge >= 0.3 is 0 Å². The zero-order valence-electron chi connectivity index (χ0n) is 67.7. The molecule has 3 aliphatic heterocycles. The Morgan fingerprint density at radius 1 is 0.261 bits per heavy atom. The van der Waals surface area contributed by atoms with Gasteiger partial charge in [0, 0.05) is 56.0 Å². The summed E-state index contributed by atoms with van der Waals surface area (Å²) in [6, 6.07) is 116. The van der Waals surface area contributed by atoms with Crippen LogP contribution in [0.25, 0.3) is 105 Å². The number of hydrogen-bond acceptors (Lipinski definition) is 2. The van der Waals surface area contributed by atoms with E-state index in [9.17, 15) is 0 Å². The molecule has 0 bridgehead atoms. The molecule has 0 N–H and O–H groups in total. The summed E-state index contributed by atoms with van der Waals surface area (Å²) in [6.45, 7) is 40.2. The second-order valence-corrected chi connectivity index (χ2v) is 41.8. The highest BCUT2D eigenvalue weighted by atomic mass is 28.3. The van der Waals surface area contributed by atoms with Crippen LogP contribution in [0.4, 0.5) is 34.1 Å². The topological polar surface area (TPSA) is 11.4 Å². The first-order valence-corrected chi connectivity index (χ1v) is 43.1. The van der Waals surface area contributed by atoms with E-state index < -0.39 is 8.07 Å². The van der Waals surface area contributed by atoms with Crippen molar-refractivity contribution in [1.29, 1.82) is 0 Å². The van der Waals surface area contributed by atoms with Crippen molar-refractivity contribution in [2.45, 2.75) is 144 Å². The van der Waals surface area contributed by atoms with Crippen molar-refractivity contribution in [3.63, 3.8) is 0 Å². The Bertz CT molecular complexity index is 6020. The summed E-state index contributed by atoms with van der Waals surface area (Å²) in [6.07, 6.45) is 0. The molecule has 546 valence electrons. The van der Waals surface area contributed by atoms with Gasteiger partial charge in [0.1, 0.15) is 8.07 Å². The van der Waals surface area contributed by atoms with E-state index in [0.29, 0.717) is 0 Å². The lowest BCUT2D eigenvalue weighted by Gasteiger charge is -2.46. The second kappa shape index (κ2) is 25.9. The maximum absolute atomic E-state index is 2.78. The minimum Gasteiger partial charge on any atom is -0.311 e. The van der Waals surface area contributed by atoms with Crippen molar-refractivity contribution in [1.82, 2.24) is 4.57 Å². The zero-order chi connectivity index (χ0) is 77.2. The van der Waals surface area contributed by atoms with Crippen LogP contribution in [0, 0.1) is 0 Å². The standard InChI is InChI=1S/C106H100BN3Si/c1-102(2,3)76-46-51-91-87(62-76)88-63-77(103(4,5)6)47-52-92(88)108(91)81-48-49-89-94(66-81)110(101-85(69-37-26-20-27-38-69)64-80(106(13,14)15)65-86(101)70-39-28-21-29-40-70)96-60-75(83-42-32-44-98-99(83)84-41-30-31-43-97(84)111(98,16)17)59-95-100(96)107(89)90-58-71(74-54-78(104(7,8)9)61-79(55-74)105(10,11)12)45-50-93(90)109(95)82-56-72(67-33-22-18-23-34-67)53-73(57-82)68-35-24-19-25-36-68/h18-66H,1-17H3. The van der Waals surface area contributed by atoms with Crippen LogP contribution in [-0.4, -0.2) is 19.4 Å². The van der Waals surface area contributed by atoms with Crippen molar-refractivity contribution >= 4 is 97.5 Å². The third kappa shape index (κ3) is 12.2. The van der Waals surface area contributed by atoms with E-state index in [-0.39, 0.29) is 33.8 Å². The average molecular weight is 1450 g/mol. The third-order valence-electron chi connectivity index (χ3n) is 24.5. The average Bonchev–Trinajstić information content (AvgIpc) is 0.974. The Labute approximate surface area is 660 Å². The molecule has 0 fully saturated rings. The lowest BCUT2D eigenvalue weighted by atomic mass is 9.33. The molecule has 0 spiro atoms. The van der Waals surface area contributed by atoms with Crippen LogP contribution in [-0.2, 0) is 27.1 Å². The summed E-state index contributed by atoms with van der Waals surface area (Å²) in [5.74, 6) is 0. The van der Waals surface area contributed by atoms with Gasteiger partial charge in [0.15, 0.2) is 0 Å². The number of nitrogens with zero attached hydrogens (tertiary/aromatic N) is 3. The summed E-state index contributed by atoms with van der Waals surface area (Å²) in [5.41, 5.74) is 37.0. The smallest absolute Gasteiger partial charge is 0.252 e. The first-order valence-electron chi connectivity index (χ1n) is 40.1. The fourth-order valence-corrected chi connectivity index (χ4v) is 21.3. The molecule has 0 aliphatic carbocycles. The summed E-state index contributed by atoms with van der Waals surface area (Å²) in [7, 11) is -2.19. The lowest BCUT2D eigenvalue weighted by Crippen LogP contribution is -2.61. The highest BCUT2D eigenvalue weighted by molar-refractivity contribution is 7.04. The fraction of sp³-hybridized carbons (Fsp3) is 0.208. The quantitative estimate of drug-likeness (QED) is 0.133. The number of benzene rings is 14. The largest absolute Gasteiger partial charge is 0.311 e. The number of anilines is 6. The molecule has 3 aliphatic rings. The summed E-state index contributed by atoms with van der Waals surface area (Å²) in [4.78, 5) is 5.46. The Kier molecular flexibility index (Phi) is 16.7. The Hall–Kier alpha value is -11.2. The van der Waals surface area contributed by atoms with Crippen molar-refractivity contribution in [3.8, 4) is 83.6 Å². The van der Waals surface area contributed by atoms with Gasteiger partial charge in [0.2, 0.25) is 0 Å². The molecule has 0 radical (unpaired) electrons. The van der Waals surface area contributed by atoms with Gasteiger partial charge < -0.3 is 14.4 Å². The molecular weight excluding hydrogens is 1350 g/mol. The Morgan fingerprint density at radius 2 is 0.721 bits per heavy atom. The molecule has 0 unspecified atom stereocenters. The maximum Gasteiger partial charge on any atom is 0.252 e. The molecule has 14 aromatic carbocycles. The molecule has 111 heavy (non-hydrogen) atoms. The van der Waals surface area contributed by atoms with E-state index in [1.54, 1.807) is 0 Å². The molecule has 5 heteroatoms. The molecule has 0 saturated carbocycles. The van der Waals surface area contributed by atoms with Gasteiger partial charge in [-0.1, -0.05) is 329 Å². The number of hydrogen-bond donors (Lipinski definition) is 0. The third-order valence-corrected chi connectivity index (χ3v) is 28.0. The van der Waals surface area contributed by atoms with Crippen molar-refractivity contribution in [2.75, 3.05) is 9.80 Å². The number of aromatic nitrogens is 1. The predicted molar refractivity (Wildman–Crippen MR) is 483 cm³/mol.